The third-order valence-corrected chi connectivity index (χ3v) is 3.43. The Hall–Kier alpha value is -2.37. The molecule has 112 valence electrons. The second kappa shape index (κ2) is 6.39. The third-order valence-electron chi connectivity index (χ3n) is 3.43. The van der Waals surface area contributed by atoms with Gasteiger partial charge in [-0.2, -0.15) is 0 Å². The number of hydrogen-bond donors (Lipinski definition) is 3. The van der Waals surface area contributed by atoms with Crippen LogP contribution < -0.4 is 10.6 Å². The van der Waals surface area contributed by atoms with Gasteiger partial charge in [0, 0.05) is 19.2 Å². The van der Waals surface area contributed by atoms with E-state index in [2.05, 4.69) is 10.6 Å². The number of rotatable bonds is 6. The van der Waals surface area contributed by atoms with Crippen molar-refractivity contribution < 1.29 is 19.5 Å². The Morgan fingerprint density at radius 3 is 2.38 bits per heavy atom. The van der Waals surface area contributed by atoms with Crippen LogP contribution in [0.15, 0.2) is 24.3 Å². The first-order chi connectivity index (χ1) is 9.97. The molecule has 6 heteroatoms. The zero-order valence-corrected chi connectivity index (χ0v) is 11.8. The van der Waals surface area contributed by atoms with Crippen molar-refractivity contribution in [3.8, 4) is 0 Å². The van der Waals surface area contributed by atoms with Crippen LogP contribution in [0.3, 0.4) is 0 Å². The standard InChI is InChI=1S/C15H18N2O4/c1-9(18)17-11-4-2-10(3-5-11)6-7-16-14(19)12-8-13(12)15(20)21/h2-5,12-13H,6-8H2,1H3,(H,16,19)(H,17,18)(H,20,21). The molecule has 1 saturated carbocycles. The van der Waals surface area contributed by atoms with Gasteiger partial charge in [-0.25, -0.2) is 0 Å². The van der Waals surface area contributed by atoms with Gasteiger partial charge >= 0.3 is 5.97 Å². The average Bonchev–Trinajstić information content (AvgIpc) is 3.20. The van der Waals surface area contributed by atoms with Crippen molar-refractivity contribution in [1.82, 2.24) is 5.32 Å². The Kier molecular flexibility index (Phi) is 4.57. The van der Waals surface area contributed by atoms with Crippen molar-refractivity contribution in [2.45, 2.75) is 19.8 Å². The van der Waals surface area contributed by atoms with E-state index in [1.807, 2.05) is 12.1 Å². The highest BCUT2D eigenvalue weighted by molar-refractivity contribution is 5.89. The lowest BCUT2D eigenvalue weighted by Gasteiger charge is -2.06. The largest absolute Gasteiger partial charge is 0.481 e. The number of hydrogen-bond acceptors (Lipinski definition) is 3. The molecule has 0 spiro atoms. The van der Waals surface area contributed by atoms with Crippen LogP contribution >= 0.6 is 0 Å². The summed E-state index contributed by atoms with van der Waals surface area (Å²) in [5, 5.41) is 14.2. The Balaban J connectivity index is 1.72. The van der Waals surface area contributed by atoms with Gasteiger partial charge in [0.05, 0.1) is 11.8 Å². The summed E-state index contributed by atoms with van der Waals surface area (Å²) in [6.07, 6.45) is 1.10. The van der Waals surface area contributed by atoms with Crippen LogP contribution in [0.1, 0.15) is 18.9 Å². The maximum atomic E-state index is 11.7. The molecule has 1 aliphatic carbocycles. The maximum Gasteiger partial charge on any atom is 0.307 e. The fourth-order valence-corrected chi connectivity index (χ4v) is 2.18. The molecule has 21 heavy (non-hydrogen) atoms. The highest BCUT2D eigenvalue weighted by atomic mass is 16.4. The monoisotopic (exact) mass is 290 g/mol. The number of carbonyl (C=O) groups is 3. The van der Waals surface area contributed by atoms with E-state index in [4.69, 9.17) is 5.11 Å². The molecule has 0 aliphatic heterocycles. The normalized spacial score (nSPS) is 19.7. The number of benzene rings is 1. The number of carboxylic acids is 1. The highest BCUT2D eigenvalue weighted by Crippen LogP contribution is 2.38. The first kappa shape index (κ1) is 15.0. The fraction of sp³-hybridized carbons (Fsp3) is 0.400. The summed E-state index contributed by atoms with van der Waals surface area (Å²) < 4.78 is 0. The van der Waals surface area contributed by atoms with E-state index in [0.717, 1.165) is 11.3 Å². The number of amides is 2. The van der Waals surface area contributed by atoms with Crippen molar-refractivity contribution >= 4 is 23.5 Å². The van der Waals surface area contributed by atoms with E-state index in [9.17, 15) is 14.4 Å². The Labute approximate surface area is 122 Å². The summed E-state index contributed by atoms with van der Waals surface area (Å²) in [5.41, 5.74) is 1.77. The van der Waals surface area contributed by atoms with Crippen LogP contribution in [0.4, 0.5) is 5.69 Å². The lowest BCUT2D eigenvalue weighted by atomic mass is 10.1. The van der Waals surface area contributed by atoms with Crippen LogP contribution in [-0.2, 0) is 20.8 Å². The number of carbonyl (C=O) groups excluding carboxylic acids is 2. The van der Waals surface area contributed by atoms with Gasteiger partial charge in [0.25, 0.3) is 0 Å². The minimum absolute atomic E-state index is 0.118. The molecule has 1 aromatic carbocycles. The van der Waals surface area contributed by atoms with Crippen LogP contribution in [0, 0.1) is 11.8 Å². The molecule has 0 bridgehead atoms. The molecule has 6 nitrogen and oxygen atoms in total. The number of aliphatic carboxylic acids is 1. The van der Waals surface area contributed by atoms with Crippen molar-refractivity contribution in [2.75, 3.05) is 11.9 Å². The summed E-state index contributed by atoms with van der Waals surface area (Å²) in [7, 11) is 0. The minimum Gasteiger partial charge on any atom is -0.481 e. The number of anilines is 1. The van der Waals surface area contributed by atoms with Crippen molar-refractivity contribution in [3.05, 3.63) is 29.8 Å². The van der Waals surface area contributed by atoms with Crippen molar-refractivity contribution in [2.24, 2.45) is 11.8 Å². The quantitative estimate of drug-likeness (QED) is 0.729. The third kappa shape index (κ3) is 4.30. The molecular formula is C15H18N2O4. The second-order valence-electron chi connectivity index (χ2n) is 5.21. The van der Waals surface area contributed by atoms with Crippen LogP contribution in [0.5, 0.6) is 0 Å². The van der Waals surface area contributed by atoms with E-state index in [1.165, 1.54) is 6.92 Å². The molecule has 1 aliphatic rings. The van der Waals surface area contributed by atoms with E-state index < -0.39 is 11.9 Å². The predicted molar refractivity (Wildman–Crippen MR) is 76.7 cm³/mol. The van der Waals surface area contributed by atoms with E-state index in [1.54, 1.807) is 12.1 Å². The van der Waals surface area contributed by atoms with Crippen LogP contribution in [0.25, 0.3) is 0 Å². The number of carboxylic acid groups (broad SMARTS) is 1. The summed E-state index contributed by atoms with van der Waals surface area (Å²) in [6.45, 7) is 1.92. The van der Waals surface area contributed by atoms with Gasteiger partial charge in [0.15, 0.2) is 0 Å². The van der Waals surface area contributed by atoms with Crippen molar-refractivity contribution in [1.29, 1.82) is 0 Å². The Morgan fingerprint density at radius 2 is 1.86 bits per heavy atom. The molecule has 1 fully saturated rings. The average molecular weight is 290 g/mol. The fourth-order valence-electron chi connectivity index (χ4n) is 2.18. The smallest absolute Gasteiger partial charge is 0.307 e. The molecule has 2 unspecified atom stereocenters. The SMILES string of the molecule is CC(=O)Nc1ccc(CCNC(=O)C2CC2C(=O)O)cc1. The molecule has 2 rings (SSSR count). The highest BCUT2D eigenvalue weighted by Gasteiger charge is 2.48. The Bertz CT molecular complexity index is 553. The van der Waals surface area contributed by atoms with Crippen molar-refractivity contribution in [3.63, 3.8) is 0 Å². The van der Waals surface area contributed by atoms with Gasteiger partial charge in [-0.15, -0.1) is 0 Å². The predicted octanol–water partition coefficient (Wildman–Crippen LogP) is 1.02. The first-order valence-corrected chi connectivity index (χ1v) is 6.84. The lowest BCUT2D eigenvalue weighted by Crippen LogP contribution is -2.28. The molecule has 2 atom stereocenters. The van der Waals surface area contributed by atoms with Gasteiger partial charge in [0.2, 0.25) is 11.8 Å². The van der Waals surface area contributed by atoms with Gasteiger partial charge in [-0.05, 0) is 30.5 Å². The molecule has 2 amide bonds. The van der Waals surface area contributed by atoms with E-state index >= 15 is 0 Å². The molecule has 3 N–H and O–H groups in total. The molecule has 0 aromatic heterocycles. The molecular weight excluding hydrogens is 272 g/mol. The van der Waals surface area contributed by atoms with Gasteiger partial charge in [-0.1, -0.05) is 12.1 Å². The maximum absolute atomic E-state index is 11.7. The van der Waals surface area contributed by atoms with Gasteiger partial charge in [-0.3, -0.25) is 14.4 Å². The van der Waals surface area contributed by atoms with Gasteiger partial charge in [0.1, 0.15) is 0 Å². The molecule has 1 aromatic rings. The second-order valence-corrected chi connectivity index (χ2v) is 5.21. The van der Waals surface area contributed by atoms with Crippen LogP contribution in [0.2, 0.25) is 0 Å². The van der Waals surface area contributed by atoms with Gasteiger partial charge < -0.3 is 15.7 Å². The Morgan fingerprint density at radius 1 is 1.19 bits per heavy atom. The first-order valence-electron chi connectivity index (χ1n) is 6.84. The number of nitrogens with one attached hydrogen (secondary N) is 2. The zero-order valence-electron chi connectivity index (χ0n) is 11.8. The summed E-state index contributed by atoms with van der Waals surface area (Å²) in [4.78, 5) is 33.2. The zero-order chi connectivity index (χ0) is 15.4. The van der Waals surface area contributed by atoms with E-state index in [0.29, 0.717) is 19.4 Å². The molecule has 0 radical (unpaired) electrons. The lowest BCUT2D eigenvalue weighted by molar-refractivity contribution is -0.140. The van der Waals surface area contributed by atoms with E-state index in [-0.39, 0.29) is 17.7 Å². The summed E-state index contributed by atoms with van der Waals surface area (Å²) in [5.74, 6) is -2.08. The minimum atomic E-state index is -0.899. The summed E-state index contributed by atoms with van der Waals surface area (Å²) >= 11 is 0. The molecule has 0 heterocycles. The summed E-state index contributed by atoms with van der Waals surface area (Å²) in [6, 6.07) is 7.38. The van der Waals surface area contributed by atoms with Crippen LogP contribution in [-0.4, -0.2) is 29.4 Å². The molecule has 0 saturated heterocycles. The topological polar surface area (TPSA) is 95.5 Å².